The van der Waals surface area contributed by atoms with Gasteiger partial charge in [-0.25, -0.2) is 9.59 Å². The number of hydrogen-bond acceptors (Lipinski definition) is 14. The van der Waals surface area contributed by atoms with Gasteiger partial charge in [-0.3, -0.25) is 30.0 Å². The van der Waals surface area contributed by atoms with Crippen LogP contribution in [0.1, 0.15) is 0 Å². The van der Waals surface area contributed by atoms with Crippen molar-refractivity contribution in [2.75, 3.05) is 26.2 Å². The molecule has 0 saturated carbocycles. The number of piperazine rings is 1. The summed E-state index contributed by atoms with van der Waals surface area (Å²) in [5.74, 6) is -2.90. The summed E-state index contributed by atoms with van der Waals surface area (Å²) in [5, 5.41) is 29.6. The van der Waals surface area contributed by atoms with E-state index in [-0.39, 0.29) is 36.6 Å². The Morgan fingerprint density at radius 3 is 1.42 bits per heavy atom. The average Bonchev–Trinajstić information content (AvgIpc) is 3.63. The molecule has 4 aromatic heterocycles. The summed E-state index contributed by atoms with van der Waals surface area (Å²) in [6.45, 7) is 2.30. The molecule has 1 saturated heterocycles. The van der Waals surface area contributed by atoms with Gasteiger partial charge in [0.25, 0.3) is 11.8 Å². The van der Waals surface area contributed by atoms with E-state index in [0.717, 1.165) is 21.5 Å². The first-order chi connectivity index (χ1) is 17.3. The van der Waals surface area contributed by atoms with Gasteiger partial charge in [0.1, 0.15) is 23.2 Å². The maximum Gasteiger partial charge on any atom is 0.438 e. The molecular formula is C18H16N8O10. The number of rotatable bonds is 8. The third kappa shape index (κ3) is 4.57. The van der Waals surface area contributed by atoms with Crippen LogP contribution in [0.5, 0.6) is 0 Å². The first kappa shape index (κ1) is 22.9. The second-order valence-electron chi connectivity index (χ2n) is 7.65. The number of aromatic nitrogens is 4. The summed E-state index contributed by atoms with van der Waals surface area (Å²) in [6.07, 6.45) is 0. The summed E-state index contributed by atoms with van der Waals surface area (Å²) in [5.41, 5.74) is 0. The van der Waals surface area contributed by atoms with Gasteiger partial charge in [-0.1, -0.05) is 0 Å². The van der Waals surface area contributed by atoms with Gasteiger partial charge in [-0.2, -0.15) is 9.36 Å². The SMILES string of the molecule is O=c1oc(-c2ccc([N+](=O)[O-])o2)nn1CN1CCN(Cn2nc(-c3ccc([N+](=O)[O-])o3)oc2=O)CC1. The maximum atomic E-state index is 12.1. The van der Waals surface area contributed by atoms with Gasteiger partial charge in [0, 0.05) is 26.2 Å². The minimum absolute atomic E-state index is 0.0380. The molecule has 0 radical (unpaired) electrons. The normalized spacial score (nSPS) is 14.9. The van der Waals surface area contributed by atoms with Crippen molar-refractivity contribution in [3.8, 4) is 23.3 Å². The van der Waals surface area contributed by atoms with Gasteiger partial charge >= 0.3 is 23.3 Å². The molecule has 36 heavy (non-hydrogen) atoms. The van der Waals surface area contributed by atoms with Gasteiger partial charge < -0.3 is 17.7 Å². The molecule has 1 aliphatic rings. The molecule has 0 amide bonds. The van der Waals surface area contributed by atoms with Crippen LogP contribution >= 0.6 is 0 Å². The van der Waals surface area contributed by atoms with Crippen molar-refractivity contribution in [3.05, 3.63) is 65.6 Å². The fraction of sp³-hybridized carbons (Fsp3) is 0.333. The summed E-state index contributed by atoms with van der Waals surface area (Å²) in [6, 6.07) is 4.85. The Morgan fingerprint density at radius 2 is 1.08 bits per heavy atom. The fourth-order valence-corrected chi connectivity index (χ4v) is 3.52. The van der Waals surface area contributed by atoms with E-state index in [0.29, 0.717) is 26.2 Å². The Balaban J connectivity index is 1.18. The van der Waals surface area contributed by atoms with Crippen LogP contribution in [-0.4, -0.2) is 65.4 Å². The van der Waals surface area contributed by atoms with Crippen LogP contribution in [0.15, 0.2) is 51.5 Å². The van der Waals surface area contributed by atoms with Gasteiger partial charge in [0.15, 0.2) is 11.5 Å². The highest BCUT2D eigenvalue weighted by Gasteiger charge is 2.24. The van der Waals surface area contributed by atoms with Crippen LogP contribution in [0.4, 0.5) is 11.8 Å². The number of nitrogens with zero attached hydrogens (tertiary/aromatic N) is 8. The van der Waals surface area contributed by atoms with Crippen molar-refractivity contribution in [3.63, 3.8) is 0 Å². The summed E-state index contributed by atoms with van der Waals surface area (Å²) < 4.78 is 22.3. The van der Waals surface area contributed by atoms with E-state index < -0.39 is 33.1 Å². The van der Waals surface area contributed by atoms with Gasteiger partial charge in [-0.05, 0) is 12.1 Å². The molecule has 1 fully saturated rings. The van der Waals surface area contributed by atoms with Crippen molar-refractivity contribution < 1.29 is 27.5 Å². The molecule has 0 aromatic carbocycles. The Kier molecular flexibility index (Phi) is 5.78. The lowest BCUT2D eigenvalue weighted by molar-refractivity contribution is -0.402. The van der Waals surface area contributed by atoms with E-state index >= 15 is 0 Å². The third-order valence-corrected chi connectivity index (χ3v) is 5.31. The lowest BCUT2D eigenvalue weighted by atomic mass is 10.3. The fourth-order valence-electron chi connectivity index (χ4n) is 3.52. The second kappa shape index (κ2) is 9.07. The number of furan rings is 2. The largest absolute Gasteiger partial charge is 0.438 e. The lowest BCUT2D eigenvalue weighted by Gasteiger charge is -2.33. The van der Waals surface area contributed by atoms with E-state index in [4.69, 9.17) is 17.7 Å². The van der Waals surface area contributed by atoms with Gasteiger partial charge in [0.2, 0.25) is 0 Å². The van der Waals surface area contributed by atoms with E-state index in [2.05, 4.69) is 10.2 Å². The Labute approximate surface area is 197 Å². The zero-order chi connectivity index (χ0) is 25.4. The summed E-state index contributed by atoms with van der Waals surface area (Å²) >= 11 is 0. The Morgan fingerprint density at radius 1 is 0.694 bits per heavy atom. The molecule has 4 aromatic rings. The molecule has 188 valence electrons. The maximum absolute atomic E-state index is 12.1. The van der Waals surface area contributed by atoms with Crippen molar-refractivity contribution in [1.82, 2.24) is 29.4 Å². The van der Waals surface area contributed by atoms with Gasteiger partial charge in [-0.15, -0.1) is 10.2 Å². The topological polar surface area (TPSA) is 215 Å². The van der Waals surface area contributed by atoms with Crippen LogP contribution in [-0.2, 0) is 13.3 Å². The lowest BCUT2D eigenvalue weighted by Crippen LogP contribution is -2.48. The van der Waals surface area contributed by atoms with Crippen molar-refractivity contribution >= 4 is 11.8 Å². The molecule has 0 aliphatic carbocycles. The number of hydrogen-bond donors (Lipinski definition) is 0. The van der Waals surface area contributed by atoms with Crippen molar-refractivity contribution in [2.45, 2.75) is 13.3 Å². The van der Waals surface area contributed by atoms with Crippen molar-refractivity contribution in [2.24, 2.45) is 0 Å². The van der Waals surface area contributed by atoms with Crippen LogP contribution in [0.2, 0.25) is 0 Å². The molecule has 18 heteroatoms. The molecule has 18 nitrogen and oxygen atoms in total. The average molecular weight is 504 g/mol. The van der Waals surface area contributed by atoms with E-state index in [1.165, 1.54) is 12.1 Å². The minimum atomic E-state index is -0.744. The smallest absolute Gasteiger partial charge is 0.395 e. The van der Waals surface area contributed by atoms with E-state index in [1.807, 2.05) is 9.80 Å². The predicted molar refractivity (Wildman–Crippen MR) is 113 cm³/mol. The predicted octanol–water partition coefficient (Wildman–Crippen LogP) is 0.555. The zero-order valence-corrected chi connectivity index (χ0v) is 18.2. The zero-order valence-electron chi connectivity index (χ0n) is 18.2. The standard InChI is InChI=1S/C18H16N8O10/c27-17-23(19-15(35-17)11-1-3-13(33-11)25(29)30)9-21-5-7-22(8-6-21)10-24-18(28)36-16(20-24)12-2-4-14(34-12)26(31)32/h1-4H,5-10H2. The van der Waals surface area contributed by atoms with Gasteiger partial charge in [0.05, 0.1) is 12.1 Å². The van der Waals surface area contributed by atoms with Crippen LogP contribution in [0.25, 0.3) is 23.3 Å². The van der Waals surface area contributed by atoms with Crippen molar-refractivity contribution in [1.29, 1.82) is 0 Å². The van der Waals surface area contributed by atoms with E-state index in [9.17, 15) is 29.8 Å². The van der Waals surface area contributed by atoms with Crippen LogP contribution in [0, 0.1) is 20.2 Å². The molecule has 1 aliphatic heterocycles. The molecule has 0 N–H and O–H groups in total. The highest BCUT2D eigenvalue weighted by Crippen LogP contribution is 2.24. The van der Waals surface area contributed by atoms with Crippen LogP contribution < -0.4 is 11.5 Å². The quantitative estimate of drug-likeness (QED) is 0.237. The Hall–Kier alpha value is -4.84. The van der Waals surface area contributed by atoms with Crippen LogP contribution in [0.3, 0.4) is 0 Å². The highest BCUT2D eigenvalue weighted by atomic mass is 16.7. The molecular weight excluding hydrogens is 488 g/mol. The molecule has 5 heterocycles. The highest BCUT2D eigenvalue weighted by molar-refractivity contribution is 5.46. The first-order valence-corrected chi connectivity index (χ1v) is 10.4. The summed E-state index contributed by atoms with van der Waals surface area (Å²) in [4.78, 5) is 48.2. The minimum Gasteiger partial charge on any atom is -0.395 e. The second-order valence-corrected chi connectivity index (χ2v) is 7.65. The monoisotopic (exact) mass is 504 g/mol. The first-order valence-electron chi connectivity index (χ1n) is 10.4. The molecule has 0 spiro atoms. The number of nitro groups is 2. The molecule has 0 bridgehead atoms. The Bertz CT molecular complexity index is 1410. The third-order valence-electron chi connectivity index (χ3n) is 5.31. The molecule has 0 atom stereocenters. The molecule has 0 unspecified atom stereocenters. The molecule has 5 rings (SSSR count). The van der Waals surface area contributed by atoms with E-state index in [1.54, 1.807) is 0 Å². The summed E-state index contributed by atoms with van der Waals surface area (Å²) in [7, 11) is 0.